The number of hydrogen-bond acceptors (Lipinski definition) is 6. The van der Waals surface area contributed by atoms with Crippen molar-refractivity contribution in [2.75, 3.05) is 31.1 Å². The SMILES string of the molecule is O[C@@H]1CN(c2ccncn2)CC1NC1CCN(Cc2ccc(Cl)cc2)CC1. The Bertz CT molecular complexity index is 721. The first-order valence-electron chi connectivity index (χ1n) is 9.59. The summed E-state index contributed by atoms with van der Waals surface area (Å²) >= 11 is 5.96. The standard InChI is InChI=1S/C20H26ClN5O/c21-16-3-1-15(2-4-16)11-25-9-6-17(7-10-25)24-18-12-26(13-19(18)27)20-5-8-22-14-23-20/h1-5,8,14,17-19,24,27H,6-7,9-13H2/t18?,19-/m1/s1. The highest BCUT2D eigenvalue weighted by molar-refractivity contribution is 6.30. The minimum Gasteiger partial charge on any atom is -0.390 e. The number of nitrogens with one attached hydrogen (secondary N) is 1. The quantitative estimate of drug-likeness (QED) is 0.817. The van der Waals surface area contributed by atoms with Crippen LogP contribution in [0.1, 0.15) is 18.4 Å². The van der Waals surface area contributed by atoms with Crippen molar-refractivity contribution in [3.05, 3.63) is 53.4 Å². The third-order valence-electron chi connectivity index (χ3n) is 5.54. The molecule has 0 radical (unpaired) electrons. The number of benzene rings is 1. The van der Waals surface area contributed by atoms with Crippen molar-refractivity contribution in [2.45, 2.75) is 37.6 Å². The van der Waals surface area contributed by atoms with Gasteiger partial charge in [-0.05, 0) is 49.7 Å². The molecule has 27 heavy (non-hydrogen) atoms. The average Bonchev–Trinajstić information content (AvgIpc) is 3.06. The van der Waals surface area contributed by atoms with Gasteiger partial charge in [-0.15, -0.1) is 0 Å². The number of β-amino-alcohol motifs (C(OH)–C–C–N with tert-alkyl or cyclic N) is 1. The van der Waals surface area contributed by atoms with Gasteiger partial charge >= 0.3 is 0 Å². The van der Waals surface area contributed by atoms with E-state index in [1.165, 1.54) is 5.56 Å². The lowest BCUT2D eigenvalue weighted by molar-refractivity contribution is 0.136. The predicted octanol–water partition coefficient (Wildman–Crippen LogP) is 1.93. The van der Waals surface area contributed by atoms with Gasteiger partial charge in [0.15, 0.2) is 0 Å². The number of piperidine rings is 1. The number of halogens is 1. The molecule has 0 amide bonds. The highest BCUT2D eigenvalue weighted by Gasteiger charge is 2.34. The first-order chi connectivity index (χ1) is 13.2. The number of aliphatic hydroxyl groups excluding tert-OH is 1. The van der Waals surface area contributed by atoms with Gasteiger partial charge < -0.3 is 15.3 Å². The van der Waals surface area contributed by atoms with Crippen LogP contribution in [0.15, 0.2) is 42.9 Å². The van der Waals surface area contributed by atoms with Crippen LogP contribution in [0, 0.1) is 0 Å². The molecule has 6 nitrogen and oxygen atoms in total. The van der Waals surface area contributed by atoms with Gasteiger partial charge in [0.25, 0.3) is 0 Å². The first-order valence-corrected chi connectivity index (χ1v) is 9.97. The van der Waals surface area contributed by atoms with E-state index in [4.69, 9.17) is 11.6 Å². The van der Waals surface area contributed by atoms with Crippen LogP contribution in [0.4, 0.5) is 5.82 Å². The molecule has 144 valence electrons. The molecule has 2 atom stereocenters. The maximum atomic E-state index is 10.5. The van der Waals surface area contributed by atoms with E-state index in [0.717, 1.165) is 49.9 Å². The van der Waals surface area contributed by atoms with Crippen LogP contribution in [-0.4, -0.2) is 64.3 Å². The second kappa shape index (κ2) is 8.52. The van der Waals surface area contributed by atoms with Crippen molar-refractivity contribution >= 4 is 17.4 Å². The highest BCUT2D eigenvalue weighted by atomic mass is 35.5. The lowest BCUT2D eigenvalue weighted by Gasteiger charge is -2.34. The number of hydrogen-bond donors (Lipinski definition) is 2. The number of anilines is 1. The normalized spacial score (nSPS) is 24.4. The third-order valence-corrected chi connectivity index (χ3v) is 5.79. The molecule has 2 aromatic rings. The zero-order valence-corrected chi connectivity index (χ0v) is 16.1. The molecule has 2 aliphatic heterocycles. The van der Waals surface area contributed by atoms with Gasteiger partial charge in [-0.25, -0.2) is 9.97 Å². The summed E-state index contributed by atoms with van der Waals surface area (Å²) in [5, 5.41) is 14.9. The van der Waals surface area contributed by atoms with E-state index in [1.807, 2.05) is 18.2 Å². The van der Waals surface area contributed by atoms with E-state index in [9.17, 15) is 5.11 Å². The van der Waals surface area contributed by atoms with Gasteiger partial charge in [0.2, 0.25) is 0 Å². The van der Waals surface area contributed by atoms with Crippen LogP contribution < -0.4 is 10.2 Å². The van der Waals surface area contributed by atoms with E-state index < -0.39 is 0 Å². The Morgan fingerprint density at radius 2 is 1.89 bits per heavy atom. The fourth-order valence-electron chi connectivity index (χ4n) is 4.02. The van der Waals surface area contributed by atoms with Crippen molar-refractivity contribution < 1.29 is 5.11 Å². The van der Waals surface area contributed by atoms with Crippen molar-refractivity contribution in [3.63, 3.8) is 0 Å². The van der Waals surface area contributed by atoms with Crippen molar-refractivity contribution in [2.24, 2.45) is 0 Å². The van der Waals surface area contributed by atoms with Crippen LogP contribution in [0.3, 0.4) is 0 Å². The molecule has 0 spiro atoms. The molecule has 2 fully saturated rings. The maximum Gasteiger partial charge on any atom is 0.132 e. The molecule has 0 bridgehead atoms. The summed E-state index contributed by atoms with van der Waals surface area (Å²) in [7, 11) is 0. The summed E-state index contributed by atoms with van der Waals surface area (Å²) in [5.74, 6) is 0.881. The molecule has 0 aliphatic carbocycles. The lowest BCUT2D eigenvalue weighted by atomic mass is 10.0. The zero-order valence-electron chi connectivity index (χ0n) is 15.3. The number of likely N-dealkylation sites (tertiary alicyclic amines) is 1. The Morgan fingerprint density at radius 3 is 2.59 bits per heavy atom. The largest absolute Gasteiger partial charge is 0.390 e. The van der Waals surface area contributed by atoms with Crippen LogP contribution >= 0.6 is 11.6 Å². The summed E-state index contributed by atoms with van der Waals surface area (Å²) in [6.07, 6.45) is 5.13. The summed E-state index contributed by atoms with van der Waals surface area (Å²) in [6.45, 7) is 4.50. The summed E-state index contributed by atoms with van der Waals surface area (Å²) < 4.78 is 0. The topological polar surface area (TPSA) is 64.5 Å². The second-order valence-electron chi connectivity index (χ2n) is 7.49. The van der Waals surface area contributed by atoms with Crippen molar-refractivity contribution in [3.8, 4) is 0 Å². The average molecular weight is 388 g/mol. The molecule has 0 saturated carbocycles. The molecule has 2 aliphatic rings. The van der Waals surface area contributed by atoms with Gasteiger partial charge in [0, 0.05) is 36.9 Å². The number of aromatic nitrogens is 2. The summed E-state index contributed by atoms with van der Waals surface area (Å²) in [6, 6.07) is 10.5. The molecule has 1 aromatic carbocycles. The number of aliphatic hydroxyl groups is 1. The highest BCUT2D eigenvalue weighted by Crippen LogP contribution is 2.20. The molecule has 1 aromatic heterocycles. The van der Waals surface area contributed by atoms with Crippen LogP contribution in [0.2, 0.25) is 5.02 Å². The Kier molecular flexibility index (Phi) is 5.88. The Balaban J connectivity index is 1.25. The first kappa shape index (κ1) is 18.6. The van der Waals surface area contributed by atoms with Crippen LogP contribution in [-0.2, 0) is 6.54 Å². The van der Waals surface area contributed by atoms with E-state index in [-0.39, 0.29) is 12.1 Å². The third kappa shape index (κ3) is 4.76. The minimum atomic E-state index is -0.368. The zero-order chi connectivity index (χ0) is 18.6. The molecule has 7 heteroatoms. The monoisotopic (exact) mass is 387 g/mol. The Hall–Kier alpha value is -1.73. The van der Waals surface area contributed by atoms with Gasteiger partial charge in [-0.1, -0.05) is 23.7 Å². The Labute approximate surface area is 165 Å². The van der Waals surface area contributed by atoms with E-state index in [2.05, 4.69) is 37.2 Å². The summed E-state index contributed by atoms with van der Waals surface area (Å²) in [4.78, 5) is 12.9. The lowest BCUT2D eigenvalue weighted by Crippen LogP contribution is -2.49. The molecule has 2 saturated heterocycles. The second-order valence-corrected chi connectivity index (χ2v) is 7.93. The maximum absolute atomic E-state index is 10.5. The molecule has 2 N–H and O–H groups in total. The molecule has 4 rings (SSSR count). The van der Waals surface area contributed by atoms with Crippen molar-refractivity contribution in [1.82, 2.24) is 20.2 Å². The fraction of sp³-hybridized carbons (Fsp3) is 0.500. The van der Waals surface area contributed by atoms with Crippen LogP contribution in [0.25, 0.3) is 0 Å². The molecular formula is C20H26ClN5O. The smallest absolute Gasteiger partial charge is 0.132 e. The molecular weight excluding hydrogens is 362 g/mol. The number of rotatable bonds is 5. The Morgan fingerprint density at radius 1 is 1.11 bits per heavy atom. The van der Waals surface area contributed by atoms with Gasteiger partial charge in [0.05, 0.1) is 12.1 Å². The van der Waals surface area contributed by atoms with E-state index in [1.54, 1.807) is 12.5 Å². The fourth-order valence-corrected chi connectivity index (χ4v) is 4.14. The summed E-state index contributed by atoms with van der Waals surface area (Å²) in [5.41, 5.74) is 1.30. The van der Waals surface area contributed by atoms with Crippen molar-refractivity contribution in [1.29, 1.82) is 0 Å². The predicted molar refractivity (Wildman–Crippen MR) is 107 cm³/mol. The molecule has 1 unspecified atom stereocenters. The molecule has 3 heterocycles. The van der Waals surface area contributed by atoms with E-state index in [0.29, 0.717) is 12.6 Å². The van der Waals surface area contributed by atoms with Crippen LogP contribution in [0.5, 0.6) is 0 Å². The minimum absolute atomic E-state index is 0.0905. The van der Waals surface area contributed by atoms with E-state index >= 15 is 0 Å². The van der Waals surface area contributed by atoms with Gasteiger partial charge in [-0.3, -0.25) is 4.90 Å². The van der Waals surface area contributed by atoms with Gasteiger partial charge in [-0.2, -0.15) is 0 Å². The number of nitrogens with zero attached hydrogens (tertiary/aromatic N) is 4. The van der Waals surface area contributed by atoms with Gasteiger partial charge in [0.1, 0.15) is 12.1 Å².